The normalized spacial score (nSPS) is 13.8. The molecular formula is C17H23O2. The number of hydrogen-bond acceptors (Lipinski definition) is 2. The highest BCUT2D eigenvalue weighted by Crippen LogP contribution is 2.33. The number of rotatable bonds is 6. The van der Waals surface area contributed by atoms with Gasteiger partial charge in [-0.15, -0.1) is 0 Å². The molecule has 1 aliphatic rings. The SMILES string of the molecule is CCCOc1cc2c(cc1OCCC)CCC[C]=C2. The summed E-state index contributed by atoms with van der Waals surface area (Å²) < 4.78 is 11.6. The Morgan fingerprint density at radius 2 is 1.74 bits per heavy atom. The van der Waals surface area contributed by atoms with Gasteiger partial charge in [0.25, 0.3) is 0 Å². The predicted molar refractivity (Wildman–Crippen MR) is 78.7 cm³/mol. The lowest BCUT2D eigenvalue weighted by Crippen LogP contribution is -2.03. The van der Waals surface area contributed by atoms with Crippen molar-refractivity contribution in [2.75, 3.05) is 13.2 Å². The van der Waals surface area contributed by atoms with Crippen LogP contribution < -0.4 is 9.47 Å². The van der Waals surface area contributed by atoms with E-state index in [4.69, 9.17) is 9.47 Å². The van der Waals surface area contributed by atoms with E-state index in [9.17, 15) is 0 Å². The molecule has 1 aromatic rings. The molecule has 0 heterocycles. The molecule has 0 atom stereocenters. The van der Waals surface area contributed by atoms with Crippen LogP contribution in [0.4, 0.5) is 0 Å². The zero-order valence-electron chi connectivity index (χ0n) is 12.0. The lowest BCUT2D eigenvalue weighted by Gasteiger charge is -2.15. The first kappa shape index (κ1) is 14.0. The van der Waals surface area contributed by atoms with Gasteiger partial charge in [-0.05, 0) is 61.4 Å². The number of ether oxygens (including phenoxy) is 2. The molecule has 1 aliphatic carbocycles. The molecule has 0 amide bonds. The molecular weight excluding hydrogens is 236 g/mol. The second kappa shape index (κ2) is 7.22. The predicted octanol–water partition coefficient (Wildman–Crippen LogP) is 4.42. The molecule has 0 saturated heterocycles. The van der Waals surface area contributed by atoms with E-state index >= 15 is 0 Å². The minimum atomic E-state index is 0.731. The van der Waals surface area contributed by atoms with Crippen molar-refractivity contribution in [3.05, 3.63) is 29.3 Å². The first-order chi connectivity index (χ1) is 9.35. The molecule has 0 N–H and O–H groups in total. The molecule has 0 unspecified atom stereocenters. The first-order valence-corrected chi connectivity index (χ1v) is 7.34. The maximum absolute atomic E-state index is 5.83. The largest absolute Gasteiger partial charge is 0.490 e. The molecule has 0 bridgehead atoms. The van der Waals surface area contributed by atoms with Crippen molar-refractivity contribution in [2.24, 2.45) is 0 Å². The van der Waals surface area contributed by atoms with Gasteiger partial charge in [-0.1, -0.05) is 19.9 Å². The minimum Gasteiger partial charge on any atom is -0.490 e. The lowest BCUT2D eigenvalue weighted by atomic mass is 10.0. The quantitative estimate of drug-likeness (QED) is 0.753. The van der Waals surface area contributed by atoms with E-state index in [0.29, 0.717) is 0 Å². The first-order valence-electron chi connectivity index (χ1n) is 7.34. The molecule has 1 radical (unpaired) electrons. The number of aryl methyl sites for hydroxylation is 1. The van der Waals surface area contributed by atoms with Crippen molar-refractivity contribution in [3.63, 3.8) is 0 Å². The highest BCUT2D eigenvalue weighted by Gasteiger charge is 2.12. The van der Waals surface area contributed by atoms with Crippen LogP contribution in [0, 0.1) is 6.08 Å². The second-order valence-corrected chi connectivity index (χ2v) is 4.90. The van der Waals surface area contributed by atoms with Crippen LogP contribution in [0.25, 0.3) is 6.08 Å². The van der Waals surface area contributed by atoms with Crippen LogP contribution in [0.1, 0.15) is 50.7 Å². The number of allylic oxidation sites excluding steroid dienone is 1. The summed E-state index contributed by atoms with van der Waals surface area (Å²) in [4.78, 5) is 0. The Labute approximate surface area is 116 Å². The standard InChI is InChI=1S/C17H23O2/c1-3-10-18-16-12-14-8-6-5-7-9-15(14)13-17(16)19-11-4-2/h9,12-13H,3-6,8,10-11H2,1-2H3. The maximum Gasteiger partial charge on any atom is 0.161 e. The second-order valence-electron chi connectivity index (χ2n) is 4.90. The smallest absolute Gasteiger partial charge is 0.161 e. The van der Waals surface area contributed by atoms with Gasteiger partial charge in [0.15, 0.2) is 11.5 Å². The van der Waals surface area contributed by atoms with E-state index in [1.54, 1.807) is 0 Å². The van der Waals surface area contributed by atoms with E-state index in [1.165, 1.54) is 11.1 Å². The Hall–Kier alpha value is -1.44. The van der Waals surface area contributed by atoms with Gasteiger partial charge in [0.05, 0.1) is 13.2 Å². The summed E-state index contributed by atoms with van der Waals surface area (Å²) in [7, 11) is 0. The van der Waals surface area contributed by atoms with Gasteiger partial charge in [0.1, 0.15) is 0 Å². The monoisotopic (exact) mass is 259 g/mol. The fraction of sp³-hybridized carbons (Fsp3) is 0.529. The van der Waals surface area contributed by atoms with Crippen LogP contribution in [-0.4, -0.2) is 13.2 Å². The Morgan fingerprint density at radius 3 is 2.42 bits per heavy atom. The summed E-state index contributed by atoms with van der Waals surface area (Å²) in [6, 6.07) is 4.26. The van der Waals surface area contributed by atoms with Gasteiger partial charge in [0, 0.05) is 0 Å². The Bertz CT molecular complexity index is 435. The minimum absolute atomic E-state index is 0.731. The van der Waals surface area contributed by atoms with Crippen LogP contribution in [0.15, 0.2) is 12.1 Å². The zero-order valence-corrected chi connectivity index (χ0v) is 12.0. The molecule has 0 aromatic heterocycles. The molecule has 0 spiro atoms. The Kier molecular flexibility index (Phi) is 5.31. The van der Waals surface area contributed by atoms with E-state index in [0.717, 1.165) is 56.8 Å². The van der Waals surface area contributed by atoms with Crippen LogP contribution in [-0.2, 0) is 6.42 Å². The summed E-state index contributed by atoms with van der Waals surface area (Å²) in [6.45, 7) is 5.70. The van der Waals surface area contributed by atoms with Crippen molar-refractivity contribution in [2.45, 2.75) is 46.0 Å². The number of hydrogen-bond donors (Lipinski definition) is 0. The Morgan fingerprint density at radius 1 is 1.05 bits per heavy atom. The summed E-state index contributed by atoms with van der Waals surface area (Å²) in [6.07, 6.45) is 10.7. The highest BCUT2D eigenvalue weighted by molar-refractivity contribution is 5.60. The fourth-order valence-corrected chi connectivity index (χ4v) is 2.18. The van der Waals surface area contributed by atoms with Gasteiger partial charge in [-0.25, -0.2) is 0 Å². The van der Waals surface area contributed by atoms with E-state index in [-0.39, 0.29) is 0 Å². The molecule has 1 aromatic carbocycles. The van der Waals surface area contributed by atoms with E-state index < -0.39 is 0 Å². The molecule has 0 fully saturated rings. The van der Waals surface area contributed by atoms with Crippen molar-refractivity contribution in [1.29, 1.82) is 0 Å². The van der Waals surface area contributed by atoms with Gasteiger partial charge in [-0.3, -0.25) is 0 Å². The zero-order chi connectivity index (χ0) is 13.5. The van der Waals surface area contributed by atoms with Crippen LogP contribution in [0.3, 0.4) is 0 Å². The van der Waals surface area contributed by atoms with Crippen molar-refractivity contribution in [1.82, 2.24) is 0 Å². The third-order valence-electron chi connectivity index (χ3n) is 3.15. The van der Waals surface area contributed by atoms with Crippen molar-refractivity contribution < 1.29 is 9.47 Å². The van der Waals surface area contributed by atoms with Crippen LogP contribution in [0.2, 0.25) is 0 Å². The molecule has 0 saturated carbocycles. The third-order valence-corrected chi connectivity index (χ3v) is 3.15. The molecule has 2 rings (SSSR count). The summed E-state index contributed by atoms with van der Waals surface area (Å²) in [5, 5.41) is 0. The number of benzene rings is 1. The lowest BCUT2D eigenvalue weighted by molar-refractivity contribution is 0.268. The van der Waals surface area contributed by atoms with Crippen molar-refractivity contribution >= 4 is 6.08 Å². The topological polar surface area (TPSA) is 18.5 Å². The maximum atomic E-state index is 5.83. The van der Waals surface area contributed by atoms with E-state index in [2.05, 4.69) is 38.1 Å². The molecule has 2 heteroatoms. The molecule has 2 nitrogen and oxygen atoms in total. The average Bonchev–Trinajstić information content (AvgIpc) is 2.66. The average molecular weight is 259 g/mol. The van der Waals surface area contributed by atoms with Gasteiger partial charge < -0.3 is 9.47 Å². The van der Waals surface area contributed by atoms with Crippen LogP contribution in [0.5, 0.6) is 11.5 Å². The summed E-state index contributed by atoms with van der Waals surface area (Å²) in [5.41, 5.74) is 2.58. The van der Waals surface area contributed by atoms with Gasteiger partial charge >= 0.3 is 0 Å². The van der Waals surface area contributed by atoms with Crippen molar-refractivity contribution in [3.8, 4) is 11.5 Å². The Balaban J connectivity index is 2.28. The molecule has 103 valence electrons. The van der Waals surface area contributed by atoms with Crippen LogP contribution >= 0.6 is 0 Å². The van der Waals surface area contributed by atoms with Gasteiger partial charge in [0.2, 0.25) is 0 Å². The molecule has 0 aliphatic heterocycles. The van der Waals surface area contributed by atoms with E-state index in [1.807, 2.05) is 0 Å². The fourth-order valence-electron chi connectivity index (χ4n) is 2.18. The molecule has 19 heavy (non-hydrogen) atoms. The highest BCUT2D eigenvalue weighted by atomic mass is 16.5. The summed E-state index contributed by atoms with van der Waals surface area (Å²) in [5.74, 6) is 1.76. The van der Waals surface area contributed by atoms with Gasteiger partial charge in [-0.2, -0.15) is 0 Å². The summed E-state index contributed by atoms with van der Waals surface area (Å²) >= 11 is 0. The number of fused-ring (bicyclic) bond motifs is 1. The third kappa shape index (κ3) is 3.76.